The standard InChI is InChI=1S/C39H54N6O8S3/c1-56(52,53)55-25-24-42-38(50)30(43-37(49)29-20-18-28(19-21-29)36(48)27-12-4-2-5-13-27)14-9-11-23-41-33(46)16-6-3-10-22-40-34(47)17-8-7-15-32-35-31(26-54-32)44-39(51)45-35/h2,4-5,12-13,18-21,30-32,35H,3,6-11,14-17,22-26H2,1H3,(H,40,47)(H,41,46)(H,42,50)(H,43,49)(H2,44,45,51)/t30?,31-,32-,35-/m0/s1. The third-order valence-corrected chi connectivity index (χ3v) is 13.6. The van der Waals surface area contributed by atoms with E-state index < -0.39 is 26.7 Å². The van der Waals surface area contributed by atoms with Gasteiger partial charge < -0.3 is 31.9 Å². The molecule has 6 N–H and O–H groups in total. The minimum atomic E-state index is -3.26. The number of unbranched alkanes of at least 4 members (excludes halogenated alkanes) is 4. The highest BCUT2D eigenvalue weighted by Crippen LogP contribution is 2.33. The number of hydrogen-bond acceptors (Lipinski definition) is 10. The highest BCUT2D eigenvalue weighted by molar-refractivity contribution is 8.71. The number of urea groups is 1. The fourth-order valence-corrected chi connectivity index (χ4v) is 9.69. The van der Waals surface area contributed by atoms with Crippen molar-refractivity contribution < 1.29 is 37.2 Å². The summed E-state index contributed by atoms with van der Waals surface area (Å²) in [6.07, 6.45) is 8.35. The molecular weight excluding hydrogens is 777 g/mol. The Hall–Kier alpha value is -4.09. The van der Waals surface area contributed by atoms with Gasteiger partial charge in [0.25, 0.3) is 5.91 Å². The van der Waals surface area contributed by atoms with E-state index in [0.29, 0.717) is 68.0 Å². The Labute approximate surface area is 337 Å². The SMILES string of the molecule is CS(=O)(=O)SCCNC(=O)C(CCCCNC(=O)CCCCCNC(=O)CCCC[C@@H]1SC[C@@H]2NC(=O)N[C@@H]21)NC(=O)c1ccc(C(=O)c2ccccc2)cc1. The lowest BCUT2D eigenvalue weighted by molar-refractivity contribution is -0.123. The number of thioether (sulfide) groups is 1. The van der Waals surface area contributed by atoms with Crippen molar-refractivity contribution in [2.24, 2.45) is 0 Å². The zero-order chi connectivity index (χ0) is 40.3. The second-order valence-electron chi connectivity index (χ2n) is 14.0. The van der Waals surface area contributed by atoms with Crippen LogP contribution in [-0.2, 0) is 23.3 Å². The van der Waals surface area contributed by atoms with Crippen molar-refractivity contribution in [1.82, 2.24) is 31.9 Å². The van der Waals surface area contributed by atoms with E-state index in [1.807, 2.05) is 17.8 Å². The summed E-state index contributed by atoms with van der Waals surface area (Å²) in [6, 6.07) is 14.4. The average Bonchev–Trinajstić information content (AvgIpc) is 3.74. The van der Waals surface area contributed by atoms with Crippen LogP contribution < -0.4 is 31.9 Å². The molecule has 1 unspecified atom stereocenters. The molecule has 14 nitrogen and oxygen atoms in total. The summed E-state index contributed by atoms with van der Waals surface area (Å²) in [4.78, 5) is 75.1. The molecule has 0 aromatic heterocycles. The van der Waals surface area contributed by atoms with Gasteiger partial charge in [0.05, 0.1) is 12.1 Å². The highest BCUT2D eigenvalue weighted by Gasteiger charge is 2.42. The smallest absolute Gasteiger partial charge is 0.315 e. The molecule has 0 radical (unpaired) electrons. The van der Waals surface area contributed by atoms with Crippen LogP contribution in [0.4, 0.5) is 4.79 Å². The summed E-state index contributed by atoms with van der Waals surface area (Å²) in [5.41, 5.74) is 1.23. The van der Waals surface area contributed by atoms with E-state index in [0.717, 1.165) is 54.9 Å². The third kappa shape index (κ3) is 15.8. The van der Waals surface area contributed by atoms with Crippen molar-refractivity contribution in [2.75, 3.05) is 37.4 Å². The van der Waals surface area contributed by atoms with Crippen LogP contribution in [0, 0.1) is 0 Å². The van der Waals surface area contributed by atoms with Crippen LogP contribution in [0.25, 0.3) is 0 Å². The van der Waals surface area contributed by atoms with Crippen molar-refractivity contribution in [1.29, 1.82) is 0 Å². The monoisotopic (exact) mass is 830 g/mol. The molecule has 306 valence electrons. The maximum Gasteiger partial charge on any atom is 0.315 e. The number of benzene rings is 2. The fourth-order valence-electron chi connectivity index (χ4n) is 6.50. The number of carbonyl (C=O) groups excluding carboxylic acids is 6. The lowest BCUT2D eigenvalue weighted by Crippen LogP contribution is -2.47. The molecule has 2 fully saturated rings. The maximum absolute atomic E-state index is 13.1. The predicted molar refractivity (Wildman–Crippen MR) is 220 cm³/mol. The Morgan fingerprint density at radius 1 is 0.768 bits per heavy atom. The molecule has 0 bridgehead atoms. The molecule has 0 aliphatic carbocycles. The Balaban J connectivity index is 1.08. The molecule has 2 aromatic rings. The molecular formula is C39H54N6O8S3. The van der Waals surface area contributed by atoms with Gasteiger partial charge in [0.2, 0.25) is 17.7 Å². The first-order valence-electron chi connectivity index (χ1n) is 19.2. The van der Waals surface area contributed by atoms with Crippen LogP contribution in [0.1, 0.15) is 96.9 Å². The minimum absolute atomic E-state index is 0.0339. The largest absolute Gasteiger partial charge is 0.356 e. The van der Waals surface area contributed by atoms with E-state index in [-0.39, 0.29) is 53.6 Å². The number of carbonyl (C=O) groups is 6. The molecule has 2 aliphatic rings. The molecule has 4 rings (SSSR count). The second-order valence-corrected chi connectivity index (χ2v) is 19.8. The molecule has 2 aromatic carbocycles. The van der Waals surface area contributed by atoms with Crippen LogP contribution >= 0.6 is 22.6 Å². The Kier molecular flexibility index (Phi) is 18.5. The molecule has 0 saturated carbocycles. The number of ketones is 1. The lowest BCUT2D eigenvalue weighted by Gasteiger charge is -2.19. The molecule has 2 aliphatic heterocycles. The maximum atomic E-state index is 13.1. The topological polar surface area (TPSA) is 209 Å². The van der Waals surface area contributed by atoms with Gasteiger partial charge in [-0.1, -0.05) is 55.3 Å². The van der Waals surface area contributed by atoms with E-state index in [2.05, 4.69) is 31.9 Å². The fraction of sp³-hybridized carbons (Fsp3) is 0.538. The van der Waals surface area contributed by atoms with Gasteiger partial charge in [-0.2, -0.15) is 11.8 Å². The molecule has 6 amide bonds. The van der Waals surface area contributed by atoms with Crippen LogP contribution in [-0.4, -0.2) is 105 Å². The lowest BCUT2D eigenvalue weighted by atomic mass is 10.0. The zero-order valence-electron chi connectivity index (χ0n) is 31.8. The van der Waals surface area contributed by atoms with Gasteiger partial charge in [-0.05, 0) is 67.9 Å². The van der Waals surface area contributed by atoms with E-state index in [1.54, 1.807) is 36.4 Å². The first-order chi connectivity index (χ1) is 26.9. The number of amides is 6. The second kappa shape index (κ2) is 23.2. The quantitative estimate of drug-likeness (QED) is 0.0372. The van der Waals surface area contributed by atoms with Gasteiger partial charge in [0, 0.05) is 72.2 Å². The van der Waals surface area contributed by atoms with Gasteiger partial charge >= 0.3 is 6.03 Å². The van der Waals surface area contributed by atoms with Crippen LogP contribution in [0.15, 0.2) is 54.6 Å². The van der Waals surface area contributed by atoms with E-state index in [4.69, 9.17) is 0 Å². The molecule has 4 atom stereocenters. The highest BCUT2D eigenvalue weighted by atomic mass is 33.1. The summed E-state index contributed by atoms with van der Waals surface area (Å²) in [5.74, 6) is -0.0634. The molecule has 2 heterocycles. The van der Waals surface area contributed by atoms with Gasteiger partial charge in [-0.3, -0.25) is 24.0 Å². The first-order valence-corrected chi connectivity index (χ1v) is 23.7. The first kappa shape index (κ1) is 44.6. The van der Waals surface area contributed by atoms with Crippen molar-refractivity contribution in [3.63, 3.8) is 0 Å². The summed E-state index contributed by atoms with van der Waals surface area (Å²) < 4.78 is 22.9. The zero-order valence-corrected chi connectivity index (χ0v) is 34.3. The van der Waals surface area contributed by atoms with E-state index in [1.165, 1.54) is 12.1 Å². The van der Waals surface area contributed by atoms with Crippen molar-refractivity contribution in [3.05, 3.63) is 71.3 Å². The Morgan fingerprint density at radius 2 is 1.39 bits per heavy atom. The molecule has 17 heteroatoms. The number of hydrogen-bond donors (Lipinski definition) is 6. The normalized spacial score (nSPS) is 17.9. The molecule has 2 saturated heterocycles. The summed E-state index contributed by atoms with van der Waals surface area (Å²) in [6.45, 7) is 1.08. The van der Waals surface area contributed by atoms with Gasteiger partial charge in [-0.15, -0.1) is 0 Å². The number of fused-ring (bicyclic) bond motifs is 1. The van der Waals surface area contributed by atoms with Crippen molar-refractivity contribution in [2.45, 2.75) is 94.0 Å². The van der Waals surface area contributed by atoms with Crippen LogP contribution in [0.3, 0.4) is 0 Å². The van der Waals surface area contributed by atoms with Gasteiger partial charge in [0.1, 0.15) is 6.04 Å². The summed E-state index contributed by atoms with van der Waals surface area (Å²) in [5, 5.41) is 17.7. The van der Waals surface area contributed by atoms with Gasteiger partial charge in [-0.25, -0.2) is 13.2 Å². The third-order valence-electron chi connectivity index (χ3n) is 9.49. The molecule has 0 spiro atoms. The van der Waals surface area contributed by atoms with Crippen molar-refractivity contribution in [3.8, 4) is 0 Å². The summed E-state index contributed by atoms with van der Waals surface area (Å²) in [7, 11) is -2.54. The van der Waals surface area contributed by atoms with Crippen LogP contribution in [0.5, 0.6) is 0 Å². The van der Waals surface area contributed by atoms with E-state index >= 15 is 0 Å². The summed E-state index contributed by atoms with van der Waals surface area (Å²) >= 11 is 1.88. The van der Waals surface area contributed by atoms with Gasteiger partial charge in [0.15, 0.2) is 14.7 Å². The average molecular weight is 831 g/mol. The van der Waals surface area contributed by atoms with E-state index in [9.17, 15) is 37.2 Å². The van der Waals surface area contributed by atoms with Crippen LogP contribution in [0.2, 0.25) is 0 Å². The minimum Gasteiger partial charge on any atom is -0.356 e. The molecule has 56 heavy (non-hydrogen) atoms. The Morgan fingerprint density at radius 3 is 2.07 bits per heavy atom. The number of rotatable bonds is 25. The van der Waals surface area contributed by atoms with Crippen molar-refractivity contribution >= 4 is 66.9 Å². The Bertz CT molecular complexity index is 1750. The predicted octanol–water partition coefficient (Wildman–Crippen LogP) is 3.51. The number of nitrogens with one attached hydrogen (secondary N) is 6.